The van der Waals surface area contributed by atoms with Crippen LogP contribution in [0.25, 0.3) is 0 Å². The van der Waals surface area contributed by atoms with Gasteiger partial charge in [-0.05, 0) is 43.5 Å². The number of hydrogen-bond donors (Lipinski definition) is 1. The van der Waals surface area contributed by atoms with Crippen LogP contribution in [0.1, 0.15) is 35.3 Å². The fourth-order valence-corrected chi connectivity index (χ4v) is 3.87. The van der Waals surface area contributed by atoms with Crippen molar-refractivity contribution in [3.63, 3.8) is 0 Å². The third-order valence-corrected chi connectivity index (χ3v) is 5.65. The predicted octanol–water partition coefficient (Wildman–Crippen LogP) is 4.26. The molecule has 0 fully saturated rings. The zero-order valence-corrected chi connectivity index (χ0v) is 16.5. The largest absolute Gasteiger partial charge is 0.447 e. The highest BCUT2D eigenvalue weighted by molar-refractivity contribution is 8.00. The van der Waals surface area contributed by atoms with Gasteiger partial charge in [0.05, 0.1) is 5.56 Å². The van der Waals surface area contributed by atoms with Crippen molar-refractivity contribution in [2.75, 3.05) is 13.1 Å². The first-order chi connectivity index (χ1) is 13.2. The fourth-order valence-electron chi connectivity index (χ4n) is 3.27. The van der Waals surface area contributed by atoms with Crippen molar-refractivity contribution >= 4 is 17.7 Å². The van der Waals surface area contributed by atoms with Gasteiger partial charge in [-0.3, -0.25) is 9.69 Å². The van der Waals surface area contributed by atoms with Crippen LogP contribution in [-0.2, 0) is 13.0 Å². The number of benzene rings is 1. The number of alkyl halides is 3. The van der Waals surface area contributed by atoms with Gasteiger partial charge in [0, 0.05) is 43.1 Å². The molecule has 0 radical (unpaired) electrons. The zero-order valence-electron chi connectivity index (χ0n) is 15.7. The quantitative estimate of drug-likeness (QED) is 0.750. The van der Waals surface area contributed by atoms with E-state index in [1.807, 2.05) is 26.0 Å². The van der Waals surface area contributed by atoms with Crippen molar-refractivity contribution in [3.05, 3.63) is 59.3 Å². The number of hydrogen-bond acceptors (Lipinski definition) is 4. The number of aromatic nitrogens is 1. The molecule has 0 bridgehead atoms. The predicted molar refractivity (Wildman–Crippen MR) is 103 cm³/mol. The van der Waals surface area contributed by atoms with E-state index in [0.29, 0.717) is 6.54 Å². The molecular weight excluding hydrogens is 387 g/mol. The lowest BCUT2D eigenvalue weighted by Gasteiger charge is -2.41. The van der Waals surface area contributed by atoms with Gasteiger partial charge in [-0.25, -0.2) is 4.98 Å². The Bertz CT molecular complexity index is 855. The number of nitrogens with one attached hydrogen (secondary N) is 1. The van der Waals surface area contributed by atoms with Gasteiger partial charge in [-0.2, -0.15) is 13.2 Å². The lowest BCUT2D eigenvalue weighted by atomic mass is 9.94. The molecule has 28 heavy (non-hydrogen) atoms. The molecule has 0 unspecified atom stereocenters. The van der Waals surface area contributed by atoms with Gasteiger partial charge >= 0.3 is 5.51 Å². The summed E-state index contributed by atoms with van der Waals surface area (Å²) in [5.74, 6) is -0.551. The molecule has 8 heteroatoms. The van der Waals surface area contributed by atoms with Gasteiger partial charge in [0.1, 0.15) is 5.03 Å². The fraction of sp³-hybridized carbons (Fsp3) is 0.400. The topological polar surface area (TPSA) is 45.2 Å². The summed E-state index contributed by atoms with van der Waals surface area (Å²) in [4.78, 5) is 18.5. The van der Waals surface area contributed by atoms with Crippen molar-refractivity contribution in [1.82, 2.24) is 15.2 Å². The number of carbonyl (C=O) groups is 1. The summed E-state index contributed by atoms with van der Waals surface area (Å²) in [7, 11) is 0. The molecule has 1 aliphatic rings. The lowest BCUT2D eigenvalue weighted by Crippen LogP contribution is -2.53. The monoisotopic (exact) mass is 409 g/mol. The minimum absolute atomic E-state index is 0.0652. The number of pyridine rings is 1. The molecule has 1 amide bonds. The zero-order chi connectivity index (χ0) is 20.4. The summed E-state index contributed by atoms with van der Waals surface area (Å²) in [6, 6.07) is 11.1. The molecule has 0 atom stereocenters. The van der Waals surface area contributed by atoms with Crippen LogP contribution in [0.15, 0.2) is 47.6 Å². The molecular formula is C20H22F3N3OS. The normalized spacial score (nSPS) is 15.2. The molecule has 1 aromatic heterocycles. The SMILES string of the molecule is CC(C)(CNC(=O)c1cccnc1SC(F)(F)F)N1CCc2ccccc2C1. The first kappa shape index (κ1) is 20.7. The van der Waals surface area contributed by atoms with E-state index >= 15 is 0 Å². The number of thioether (sulfide) groups is 1. The average Bonchev–Trinajstić information content (AvgIpc) is 2.65. The number of carbonyl (C=O) groups excluding carboxylic acids is 1. The van der Waals surface area contributed by atoms with E-state index in [1.165, 1.54) is 29.5 Å². The van der Waals surface area contributed by atoms with E-state index in [1.54, 1.807) is 0 Å². The van der Waals surface area contributed by atoms with E-state index in [-0.39, 0.29) is 27.9 Å². The lowest BCUT2D eigenvalue weighted by molar-refractivity contribution is -0.0329. The van der Waals surface area contributed by atoms with Crippen LogP contribution in [0.3, 0.4) is 0 Å². The Balaban J connectivity index is 1.66. The second-order valence-electron chi connectivity index (χ2n) is 7.34. The number of halogens is 3. The average molecular weight is 409 g/mol. The Kier molecular flexibility index (Phi) is 6.00. The number of rotatable bonds is 5. The Morgan fingerprint density at radius 3 is 2.61 bits per heavy atom. The Morgan fingerprint density at radius 1 is 1.18 bits per heavy atom. The molecule has 3 rings (SSSR count). The summed E-state index contributed by atoms with van der Waals surface area (Å²) in [5.41, 5.74) is -2.30. The number of nitrogens with zero attached hydrogens (tertiary/aromatic N) is 2. The minimum atomic E-state index is -4.50. The summed E-state index contributed by atoms with van der Waals surface area (Å²) in [6.07, 6.45) is 2.18. The highest BCUT2D eigenvalue weighted by Gasteiger charge is 2.33. The summed E-state index contributed by atoms with van der Waals surface area (Å²) >= 11 is -0.373. The van der Waals surface area contributed by atoms with Crippen molar-refractivity contribution in [1.29, 1.82) is 0 Å². The highest BCUT2D eigenvalue weighted by Crippen LogP contribution is 2.37. The Hall–Kier alpha value is -2.06. The molecule has 0 spiro atoms. The summed E-state index contributed by atoms with van der Waals surface area (Å²) < 4.78 is 38.1. The summed E-state index contributed by atoms with van der Waals surface area (Å²) in [6.45, 7) is 6.01. The third kappa shape index (κ3) is 5.05. The van der Waals surface area contributed by atoms with Crippen molar-refractivity contribution in [2.45, 2.75) is 42.9 Å². The van der Waals surface area contributed by atoms with E-state index in [4.69, 9.17) is 0 Å². The van der Waals surface area contributed by atoms with Gasteiger partial charge in [0.25, 0.3) is 5.91 Å². The molecule has 4 nitrogen and oxygen atoms in total. The first-order valence-electron chi connectivity index (χ1n) is 8.96. The molecule has 0 saturated heterocycles. The molecule has 150 valence electrons. The van der Waals surface area contributed by atoms with Crippen LogP contribution in [0.2, 0.25) is 0 Å². The Morgan fingerprint density at radius 2 is 1.89 bits per heavy atom. The summed E-state index contributed by atoms with van der Waals surface area (Å²) in [5, 5.41) is 2.45. The first-order valence-corrected chi connectivity index (χ1v) is 9.78. The van der Waals surface area contributed by atoms with E-state index in [2.05, 4.69) is 27.3 Å². The smallest absolute Gasteiger partial charge is 0.350 e. The maximum absolute atomic E-state index is 12.7. The Labute approximate surface area is 166 Å². The number of fused-ring (bicyclic) bond motifs is 1. The van der Waals surface area contributed by atoms with E-state index in [9.17, 15) is 18.0 Å². The van der Waals surface area contributed by atoms with Crippen molar-refractivity contribution < 1.29 is 18.0 Å². The van der Waals surface area contributed by atoms with E-state index < -0.39 is 11.4 Å². The second kappa shape index (κ2) is 8.13. The molecule has 2 aromatic rings. The van der Waals surface area contributed by atoms with E-state index in [0.717, 1.165) is 19.5 Å². The van der Waals surface area contributed by atoms with Gasteiger partial charge in [-0.15, -0.1) is 0 Å². The van der Waals surface area contributed by atoms with Gasteiger partial charge in [0.2, 0.25) is 0 Å². The van der Waals surface area contributed by atoms with Crippen molar-refractivity contribution in [3.8, 4) is 0 Å². The van der Waals surface area contributed by atoms with Crippen molar-refractivity contribution in [2.24, 2.45) is 0 Å². The molecule has 1 aliphatic heterocycles. The molecule has 0 saturated carbocycles. The van der Waals surface area contributed by atoms with Crippen LogP contribution in [0, 0.1) is 0 Å². The van der Waals surface area contributed by atoms with Crippen LogP contribution in [0.5, 0.6) is 0 Å². The van der Waals surface area contributed by atoms with Crippen LogP contribution >= 0.6 is 11.8 Å². The van der Waals surface area contributed by atoms with Crippen LogP contribution < -0.4 is 5.32 Å². The van der Waals surface area contributed by atoms with Crippen LogP contribution in [-0.4, -0.2) is 39.9 Å². The maximum atomic E-state index is 12.7. The second-order valence-corrected chi connectivity index (χ2v) is 8.39. The third-order valence-electron chi connectivity index (χ3n) is 4.90. The molecule has 1 N–H and O–H groups in total. The molecule has 2 heterocycles. The molecule has 0 aliphatic carbocycles. The minimum Gasteiger partial charge on any atom is -0.350 e. The van der Waals surface area contributed by atoms with Gasteiger partial charge < -0.3 is 5.32 Å². The molecule has 1 aromatic carbocycles. The number of amides is 1. The van der Waals surface area contributed by atoms with Gasteiger partial charge in [-0.1, -0.05) is 24.3 Å². The maximum Gasteiger partial charge on any atom is 0.447 e. The van der Waals surface area contributed by atoms with Crippen LogP contribution in [0.4, 0.5) is 13.2 Å². The highest BCUT2D eigenvalue weighted by atomic mass is 32.2. The standard InChI is InChI=1S/C20H22F3N3OS/c1-19(2,26-11-9-14-6-3-4-7-15(14)12-26)13-25-17(27)16-8-5-10-24-18(16)28-20(21,22)23/h3-8,10H,9,11-13H2,1-2H3,(H,25,27). The van der Waals surface area contributed by atoms with Gasteiger partial charge in [0.15, 0.2) is 0 Å².